The number of amides is 5. The fourth-order valence-corrected chi connectivity index (χ4v) is 6.41. The molecule has 0 spiro atoms. The molecule has 0 aromatic carbocycles. The molecule has 43 heavy (non-hydrogen) atoms. The standard InChI is InChI=1S/C31H47N5O7/c1-15(2)43-29(41)22(18-8-7-9-18)34-30(42)35-25(31(4,5)6)28(40)36-14-19-12-16(3)21(19)23(36)27(39)33-20(13-17-10-11-17)24(37)26(32)38/h12,15,17-23,25H,7-11,13-14H2,1-6H3,(H2,32,38)(H,33,39)(H2,34,35,42)/t19-,20?,21-,22-,23-,25+/m0/s1. The number of carbonyl (C=O) groups excluding carboxylic acids is 6. The van der Waals surface area contributed by atoms with Crippen molar-refractivity contribution in [1.82, 2.24) is 20.9 Å². The molecule has 238 valence electrons. The minimum Gasteiger partial charge on any atom is -0.461 e. The number of likely N-dealkylation sites (tertiary alicyclic amines) is 1. The van der Waals surface area contributed by atoms with E-state index in [1.54, 1.807) is 13.8 Å². The van der Waals surface area contributed by atoms with Crippen LogP contribution >= 0.6 is 0 Å². The third-order valence-corrected chi connectivity index (χ3v) is 9.14. The summed E-state index contributed by atoms with van der Waals surface area (Å²) < 4.78 is 5.38. The van der Waals surface area contributed by atoms with Gasteiger partial charge in [0, 0.05) is 18.4 Å². The number of nitrogens with one attached hydrogen (secondary N) is 3. The number of carbonyl (C=O) groups is 6. The Morgan fingerprint density at radius 1 is 1.02 bits per heavy atom. The number of fused-ring (bicyclic) bond motifs is 1. The maximum atomic E-state index is 14.2. The minimum atomic E-state index is -1.11. The van der Waals surface area contributed by atoms with E-state index < -0.39 is 65.1 Å². The summed E-state index contributed by atoms with van der Waals surface area (Å²) in [6.07, 6.45) is 6.38. The number of urea groups is 1. The van der Waals surface area contributed by atoms with Gasteiger partial charge in [0.1, 0.15) is 18.1 Å². The van der Waals surface area contributed by atoms with E-state index in [9.17, 15) is 28.8 Å². The van der Waals surface area contributed by atoms with Crippen LogP contribution in [0.15, 0.2) is 11.6 Å². The van der Waals surface area contributed by atoms with E-state index >= 15 is 0 Å². The van der Waals surface area contributed by atoms with Gasteiger partial charge in [-0.3, -0.25) is 19.2 Å². The van der Waals surface area contributed by atoms with Crippen LogP contribution in [0.2, 0.25) is 0 Å². The first-order valence-corrected chi connectivity index (χ1v) is 15.5. The van der Waals surface area contributed by atoms with Crippen molar-refractivity contribution in [3.05, 3.63) is 11.6 Å². The molecule has 12 heteroatoms. The molecule has 5 N–H and O–H groups in total. The second-order valence-corrected chi connectivity index (χ2v) is 14.1. The number of Topliss-reactive ketones (excluding diaryl/α,β-unsaturated/α-hetero) is 1. The first-order valence-electron chi connectivity index (χ1n) is 15.5. The monoisotopic (exact) mass is 601 g/mol. The van der Waals surface area contributed by atoms with Gasteiger partial charge in [0.2, 0.25) is 17.6 Å². The zero-order valence-corrected chi connectivity index (χ0v) is 26.1. The molecule has 0 aromatic heterocycles. The zero-order chi connectivity index (χ0) is 31.8. The largest absolute Gasteiger partial charge is 0.461 e. The average molecular weight is 602 g/mol. The second-order valence-electron chi connectivity index (χ2n) is 14.1. The van der Waals surface area contributed by atoms with Crippen LogP contribution in [0, 0.1) is 29.1 Å². The van der Waals surface area contributed by atoms with Crippen molar-refractivity contribution in [2.24, 2.45) is 34.8 Å². The molecular formula is C31H47N5O7. The SMILES string of the molecule is CC1=C[C@H]2CN(C(=O)[C@@H](NC(=O)N[C@H](C(=O)OC(C)C)C3CCC3)C(C)(C)C)[C@H](C(=O)NC(CC3CC3)C(=O)C(N)=O)[C@@H]12. The summed E-state index contributed by atoms with van der Waals surface area (Å²) in [5, 5.41) is 8.28. The van der Waals surface area contributed by atoms with E-state index in [1.807, 2.05) is 33.8 Å². The van der Waals surface area contributed by atoms with Gasteiger partial charge in [0.05, 0.1) is 12.1 Å². The van der Waals surface area contributed by atoms with Crippen LogP contribution in [-0.4, -0.2) is 77.2 Å². The molecule has 4 rings (SSSR count). The van der Waals surface area contributed by atoms with Crippen molar-refractivity contribution >= 4 is 35.5 Å². The molecule has 0 bridgehead atoms. The molecule has 1 unspecified atom stereocenters. The van der Waals surface area contributed by atoms with Crippen LogP contribution in [0.5, 0.6) is 0 Å². The van der Waals surface area contributed by atoms with Crippen molar-refractivity contribution in [1.29, 1.82) is 0 Å². The number of nitrogens with two attached hydrogens (primary N) is 1. The van der Waals surface area contributed by atoms with Crippen LogP contribution in [-0.2, 0) is 28.7 Å². The van der Waals surface area contributed by atoms with Gasteiger partial charge in [-0.05, 0) is 57.3 Å². The van der Waals surface area contributed by atoms with E-state index in [4.69, 9.17) is 10.5 Å². The number of hydrogen-bond acceptors (Lipinski definition) is 7. The molecule has 2 saturated carbocycles. The molecule has 0 radical (unpaired) electrons. The van der Waals surface area contributed by atoms with Crippen molar-refractivity contribution in [3.8, 4) is 0 Å². The van der Waals surface area contributed by atoms with E-state index in [0.717, 1.165) is 37.7 Å². The van der Waals surface area contributed by atoms with Crippen LogP contribution in [0.4, 0.5) is 4.79 Å². The van der Waals surface area contributed by atoms with Crippen molar-refractivity contribution in [2.75, 3.05) is 6.54 Å². The number of hydrogen-bond donors (Lipinski definition) is 4. The number of ketones is 1. The lowest BCUT2D eigenvalue weighted by atomic mass is 9.74. The predicted molar refractivity (Wildman–Crippen MR) is 157 cm³/mol. The fraction of sp³-hybridized carbons (Fsp3) is 0.742. The molecule has 1 aliphatic heterocycles. The summed E-state index contributed by atoms with van der Waals surface area (Å²) in [6, 6.07) is -4.48. The van der Waals surface area contributed by atoms with E-state index in [2.05, 4.69) is 16.0 Å². The number of primary amides is 1. The maximum absolute atomic E-state index is 14.2. The Hall–Kier alpha value is -3.44. The number of rotatable bonds is 12. The topological polar surface area (TPSA) is 177 Å². The van der Waals surface area contributed by atoms with Gasteiger partial charge < -0.3 is 31.3 Å². The molecule has 6 atom stereocenters. The van der Waals surface area contributed by atoms with E-state index in [1.165, 1.54) is 4.90 Å². The lowest BCUT2D eigenvalue weighted by Crippen LogP contribution is -2.62. The quantitative estimate of drug-likeness (QED) is 0.149. The summed E-state index contributed by atoms with van der Waals surface area (Å²) >= 11 is 0. The number of ether oxygens (including phenoxy) is 1. The summed E-state index contributed by atoms with van der Waals surface area (Å²) in [5.74, 6) is -3.51. The first kappa shape index (κ1) is 32.5. The Kier molecular flexibility index (Phi) is 9.56. The molecule has 4 aliphatic rings. The van der Waals surface area contributed by atoms with Gasteiger partial charge in [-0.15, -0.1) is 0 Å². The Morgan fingerprint density at radius 2 is 1.67 bits per heavy atom. The minimum absolute atomic E-state index is 0.0381. The third-order valence-electron chi connectivity index (χ3n) is 9.14. The van der Waals surface area contributed by atoms with Gasteiger partial charge in [0.25, 0.3) is 5.91 Å². The Morgan fingerprint density at radius 3 is 2.16 bits per heavy atom. The molecule has 5 amide bonds. The average Bonchev–Trinajstić information content (AvgIpc) is 3.62. The summed E-state index contributed by atoms with van der Waals surface area (Å²) in [5.41, 5.74) is 5.49. The Bertz CT molecular complexity index is 1180. The highest BCUT2D eigenvalue weighted by Crippen LogP contribution is 2.45. The maximum Gasteiger partial charge on any atom is 0.329 e. The number of esters is 1. The second kappa shape index (κ2) is 12.7. The van der Waals surface area contributed by atoms with Crippen LogP contribution in [0.1, 0.15) is 80.1 Å². The third kappa shape index (κ3) is 7.38. The smallest absolute Gasteiger partial charge is 0.329 e. The molecular weight excluding hydrogens is 554 g/mol. The predicted octanol–water partition coefficient (Wildman–Crippen LogP) is 1.56. The molecule has 12 nitrogen and oxygen atoms in total. The highest BCUT2D eigenvalue weighted by Gasteiger charge is 2.54. The fourth-order valence-electron chi connectivity index (χ4n) is 6.41. The summed E-state index contributed by atoms with van der Waals surface area (Å²) in [4.78, 5) is 79.8. The highest BCUT2D eigenvalue weighted by molar-refractivity contribution is 6.37. The van der Waals surface area contributed by atoms with Gasteiger partial charge in [-0.2, -0.15) is 0 Å². The van der Waals surface area contributed by atoms with E-state index in [-0.39, 0.29) is 36.3 Å². The summed E-state index contributed by atoms with van der Waals surface area (Å²) in [6.45, 7) is 11.1. The molecule has 3 fully saturated rings. The first-order chi connectivity index (χ1) is 20.1. The zero-order valence-electron chi connectivity index (χ0n) is 26.1. The normalized spacial score (nSPS) is 25.2. The lowest BCUT2D eigenvalue weighted by molar-refractivity contribution is -0.152. The Balaban J connectivity index is 1.52. The highest BCUT2D eigenvalue weighted by atomic mass is 16.5. The lowest BCUT2D eigenvalue weighted by Gasteiger charge is -2.38. The van der Waals surface area contributed by atoms with Crippen LogP contribution in [0.25, 0.3) is 0 Å². The van der Waals surface area contributed by atoms with Gasteiger partial charge in [-0.1, -0.05) is 51.7 Å². The van der Waals surface area contributed by atoms with Crippen molar-refractivity contribution in [2.45, 2.75) is 110 Å². The molecule has 1 heterocycles. The number of nitrogens with zero attached hydrogens (tertiary/aromatic N) is 1. The van der Waals surface area contributed by atoms with Gasteiger partial charge in [0.15, 0.2) is 0 Å². The van der Waals surface area contributed by atoms with Crippen LogP contribution < -0.4 is 21.7 Å². The van der Waals surface area contributed by atoms with Crippen LogP contribution in [0.3, 0.4) is 0 Å². The van der Waals surface area contributed by atoms with Crippen molar-refractivity contribution < 1.29 is 33.5 Å². The van der Waals surface area contributed by atoms with Gasteiger partial charge in [-0.25, -0.2) is 9.59 Å². The van der Waals surface area contributed by atoms with Crippen molar-refractivity contribution in [3.63, 3.8) is 0 Å². The van der Waals surface area contributed by atoms with Gasteiger partial charge >= 0.3 is 12.0 Å². The molecule has 1 saturated heterocycles. The molecule has 0 aromatic rings. The van der Waals surface area contributed by atoms with E-state index in [0.29, 0.717) is 6.42 Å². The molecule has 3 aliphatic carbocycles. The Labute approximate surface area is 253 Å². The summed E-state index contributed by atoms with van der Waals surface area (Å²) in [7, 11) is 0.